The SMILES string of the molecule is COc1ccccc1/C=C/c1nc(C#N)c(N2CCCCC2)o1. The Balaban J connectivity index is 1.85. The first-order chi connectivity index (χ1) is 11.3. The first kappa shape index (κ1) is 15.2. The van der Waals surface area contributed by atoms with Gasteiger partial charge < -0.3 is 14.1 Å². The van der Waals surface area contributed by atoms with E-state index < -0.39 is 0 Å². The van der Waals surface area contributed by atoms with Gasteiger partial charge in [0.05, 0.1) is 7.11 Å². The van der Waals surface area contributed by atoms with Gasteiger partial charge in [-0.25, -0.2) is 0 Å². The molecule has 1 aromatic heterocycles. The number of piperidine rings is 1. The zero-order chi connectivity index (χ0) is 16.1. The van der Waals surface area contributed by atoms with Crippen molar-refractivity contribution in [1.82, 2.24) is 4.98 Å². The van der Waals surface area contributed by atoms with E-state index in [1.807, 2.05) is 30.3 Å². The Morgan fingerprint density at radius 1 is 1.22 bits per heavy atom. The highest BCUT2D eigenvalue weighted by Crippen LogP contribution is 2.26. The molecule has 23 heavy (non-hydrogen) atoms. The van der Waals surface area contributed by atoms with Crippen LogP contribution in [0.3, 0.4) is 0 Å². The Bertz CT molecular complexity index is 737. The van der Waals surface area contributed by atoms with Gasteiger partial charge in [-0.15, -0.1) is 0 Å². The van der Waals surface area contributed by atoms with Crippen molar-refractivity contribution >= 4 is 18.0 Å². The van der Waals surface area contributed by atoms with Crippen LogP contribution in [-0.4, -0.2) is 25.2 Å². The maximum Gasteiger partial charge on any atom is 0.235 e. The molecule has 1 saturated heterocycles. The number of anilines is 1. The van der Waals surface area contributed by atoms with Crippen LogP contribution in [0, 0.1) is 11.3 Å². The molecule has 0 amide bonds. The zero-order valence-corrected chi connectivity index (χ0v) is 13.2. The summed E-state index contributed by atoms with van der Waals surface area (Å²) >= 11 is 0. The van der Waals surface area contributed by atoms with E-state index >= 15 is 0 Å². The molecule has 0 bridgehead atoms. The Morgan fingerprint density at radius 3 is 2.74 bits per heavy atom. The number of nitrogens with zero attached hydrogens (tertiary/aromatic N) is 3. The lowest BCUT2D eigenvalue weighted by Crippen LogP contribution is -2.29. The number of nitriles is 1. The summed E-state index contributed by atoms with van der Waals surface area (Å²) in [6, 6.07) is 9.84. The van der Waals surface area contributed by atoms with Gasteiger partial charge in [-0.1, -0.05) is 18.2 Å². The van der Waals surface area contributed by atoms with Crippen molar-refractivity contribution in [2.24, 2.45) is 0 Å². The summed E-state index contributed by atoms with van der Waals surface area (Å²) in [6.45, 7) is 1.83. The van der Waals surface area contributed by atoms with E-state index in [1.54, 1.807) is 13.2 Å². The van der Waals surface area contributed by atoms with Gasteiger partial charge in [-0.05, 0) is 31.4 Å². The van der Waals surface area contributed by atoms with Crippen LogP contribution in [0.2, 0.25) is 0 Å². The molecular formula is C18H19N3O2. The number of benzene rings is 1. The van der Waals surface area contributed by atoms with E-state index in [2.05, 4.69) is 16.0 Å². The zero-order valence-electron chi connectivity index (χ0n) is 13.2. The second-order valence-corrected chi connectivity index (χ2v) is 5.44. The van der Waals surface area contributed by atoms with Crippen LogP contribution in [0.1, 0.15) is 36.4 Å². The lowest BCUT2D eigenvalue weighted by Gasteiger charge is -2.25. The number of para-hydroxylation sites is 1. The van der Waals surface area contributed by atoms with Crippen molar-refractivity contribution in [2.75, 3.05) is 25.1 Å². The normalized spacial score (nSPS) is 14.9. The molecule has 5 heteroatoms. The van der Waals surface area contributed by atoms with Gasteiger partial charge in [0.1, 0.15) is 11.8 Å². The van der Waals surface area contributed by atoms with Gasteiger partial charge in [0.2, 0.25) is 17.5 Å². The van der Waals surface area contributed by atoms with E-state index in [0.717, 1.165) is 37.2 Å². The predicted octanol–water partition coefficient (Wildman–Crippen LogP) is 3.72. The molecule has 0 aliphatic carbocycles. The van der Waals surface area contributed by atoms with Crippen molar-refractivity contribution < 1.29 is 9.15 Å². The molecular weight excluding hydrogens is 290 g/mol. The van der Waals surface area contributed by atoms with Crippen LogP contribution >= 0.6 is 0 Å². The van der Waals surface area contributed by atoms with E-state index in [4.69, 9.17) is 9.15 Å². The second kappa shape index (κ2) is 7.01. The minimum absolute atomic E-state index is 0.353. The average Bonchev–Trinajstić information content (AvgIpc) is 3.04. The largest absolute Gasteiger partial charge is 0.496 e. The summed E-state index contributed by atoms with van der Waals surface area (Å²) in [6.07, 6.45) is 7.13. The fraction of sp³-hybridized carbons (Fsp3) is 0.333. The standard InChI is InChI=1S/C18H19N3O2/c1-22-16-8-4-3-7-14(16)9-10-17-20-15(13-19)18(23-17)21-11-5-2-6-12-21/h3-4,7-10H,2,5-6,11-12H2,1H3/b10-9+. The lowest BCUT2D eigenvalue weighted by molar-refractivity contribution is 0.414. The monoisotopic (exact) mass is 309 g/mol. The van der Waals surface area contributed by atoms with Crippen LogP contribution in [-0.2, 0) is 0 Å². The van der Waals surface area contributed by atoms with Crippen LogP contribution in [0.15, 0.2) is 28.7 Å². The quantitative estimate of drug-likeness (QED) is 0.861. The highest BCUT2D eigenvalue weighted by molar-refractivity contribution is 5.70. The van der Waals surface area contributed by atoms with Gasteiger partial charge in [0.15, 0.2) is 0 Å². The molecule has 0 N–H and O–H groups in total. The molecule has 0 atom stereocenters. The molecule has 2 heterocycles. The maximum atomic E-state index is 9.29. The number of hydrogen-bond donors (Lipinski definition) is 0. The molecule has 0 spiro atoms. The Kier molecular flexibility index (Phi) is 4.62. The highest BCUT2D eigenvalue weighted by atomic mass is 16.5. The molecule has 1 aliphatic rings. The van der Waals surface area contributed by atoms with E-state index in [0.29, 0.717) is 17.5 Å². The van der Waals surface area contributed by atoms with Crippen LogP contribution in [0.5, 0.6) is 5.75 Å². The van der Waals surface area contributed by atoms with Crippen molar-refractivity contribution in [3.8, 4) is 11.8 Å². The van der Waals surface area contributed by atoms with Gasteiger partial charge in [0, 0.05) is 24.7 Å². The van der Waals surface area contributed by atoms with Crippen molar-refractivity contribution in [3.05, 3.63) is 41.4 Å². The van der Waals surface area contributed by atoms with Crippen LogP contribution in [0.4, 0.5) is 5.88 Å². The van der Waals surface area contributed by atoms with Gasteiger partial charge in [0.25, 0.3) is 0 Å². The minimum Gasteiger partial charge on any atom is -0.496 e. The smallest absolute Gasteiger partial charge is 0.235 e. The molecule has 3 rings (SSSR count). The molecule has 1 fully saturated rings. The van der Waals surface area contributed by atoms with Crippen molar-refractivity contribution in [3.63, 3.8) is 0 Å². The molecule has 0 saturated carbocycles. The number of aromatic nitrogens is 1. The van der Waals surface area contributed by atoms with Crippen LogP contribution in [0.25, 0.3) is 12.2 Å². The summed E-state index contributed by atoms with van der Waals surface area (Å²) in [5.41, 5.74) is 1.29. The van der Waals surface area contributed by atoms with Crippen LogP contribution < -0.4 is 9.64 Å². The number of hydrogen-bond acceptors (Lipinski definition) is 5. The third-order valence-corrected chi connectivity index (χ3v) is 3.92. The highest BCUT2D eigenvalue weighted by Gasteiger charge is 2.20. The Hall–Kier alpha value is -2.74. The lowest BCUT2D eigenvalue weighted by atomic mass is 10.1. The molecule has 2 aromatic rings. The summed E-state index contributed by atoms with van der Waals surface area (Å²) in [5, 5.41) is 9.29. The average molecular weight is 309 g/mol. The molecule has 0 radical (unpaired) electrons. The van der Waals surface area contributed by atoms with E-state index in [1.165, 1.54) is 6.42 Å². The number of oxazole rings is 1. The number of methoxy groups -OCH3 is 1. The molecule has 0 unspecified atom stereocenters. The second-order valence-electron chi connectivity index (χ2n) is 5.44. The Labute approximate surface area is 135 Å². The van der Waals surface area contributed by atoms with E-state index in [9.17, 15) is 5.26 Å². The fourth-order valence-corrected chi connectivity index (χ4v) is 2.75. The fourth-order valence-electron chi connectivity index (χ4n) is 2.75. The third-order valence-electron chi connectivity index (χ3n) is 3.92. The maximum absolute atomic E-state index is 9.29. The van der Waals surface area contributed by atoms with Crippen molar-refractivity contribution in [2.45, 2.75) is 19.3 Å². The van der Waals surface area contributed by atoms with Crippen molar-refractivity contribution in [1.29, 1.82) is 5.26 Å². The van der Waals surface area contributed by atoms with E-state index in [-0.39, 0.29) is 0 Å². The van der Waals surface area contributed by atoms with Gasteiger partial charge in [-0.3, -0.25) is 0 Å². The number of rotatable bonds is 4. The summed E-state index contributed by atoms with van der Waals surface area (Å²) in [4.78, 5) is 6.38. The topological polar surface area (TPSA) is 62.3 Å². The molecule has 1 aliphatic heterocycles. The summed E-state index contributed by atoms with van der Waals surface area (Å²) < 4.78 is 11.1. The van der Waals surface area contributed by atoms with Gasteiger partial charge in [-0.2, -0.15) is 10.2 Å². The number of ether oxygens (including phenoxy) is 1. The summed E-state index contributed by atoms with van der Waals surface area (Å²) in [5.74, 6) is 1.81. The third kappa shape index (κ3) is 3.37. The molecule has 5 nitrogen and oxygen atoms in total. The molecule has 1 aromatic carbocycles. The predicted molar refractivity (Wildman–Crippen MR) is 89.2 cm³/mol. The van der Waals surface area contributed by atoms with Gasteiger partial charge >= 0.3 is 0 Å². The first-order valence-corrected chi connectivity index (χ1v) is 7.79. The minimum atomic E-state index is 0.353. The Morgan fingerprint density at radius 2 is 2.00 bits per heavy atom. The summed E-state index contributed by atoms with van der Waals surface area (Å²) in [7, 11) is 1.64. The molecule has 118 valence electrons. The first-order valence-electron chi connectivity index (χ1n) is 7.79.